The van der Waals surface area contributed by atoms with Crippen LogP contribution in [0.3, 0.4) is 0 Å². The van der Waals surface area contributed by atoms with Gasteiger partial charge in [-0.2, -0.15) is 0 Å². The lowest BCUT2D eigenvalue weighted by atomic mass is 10.6. The number of hydroxylamine groups is 2. The molecule has 1 heterocycles. The standard InChI is InChI=1S/C3H8.C2H7N3O5/c1-3-2;1-3-8-4(6)10-5(7-2)9-3/h3H2,1-2H3;6H,1-2H3. The summed E-state index contributed by atoms with van der Waals surface area (Å²) in [6.07, 6.45) is 1.25. The minimum Gasteiger partial charge on any atom is -0.263 e. The summed E-state index contributed by atoms with van der Waals surface area (Å²) in [7, 11) is 2.67. The molecule has 0 aliphatic carbocycles. The van der Waals surface area contributed by atoms with Crippen molar-refractivity contribution in [2.24, 2.45) is 0 Å². The summed E-state index contributed by atoms with van der Waals surface area (Å²) in [6.45, 7) is 4.25. The van der Waals surface area contributed by atoms with E-state index in [0.29, 0.717) is 5.39 Å². The number of rotatable bonds is 1. The molecular formula is C5H15N3O5. The molecule has 1 aliphatic rings. The van der Waals surface area contributed by atoms with Gasteiger partial charge in [0.1, 0.15) is 10.8 Å². The smallest absolute Gasteiger partial charge is 0.119 e. The zero-order chi connectivity index (χ0) is 10.3. The van der Waals surface area contributed by atoms with Crippen molar-refractivity contribution >= 4 is 0 Å². The predicted molar refractivity (Wildman–Crippen MR) is 39.5 cm³/mol. The second-order valence-corrected chi connectivity index (χ2v) is 2.04. The highest BCUT2D eigenvalue weighted by molar-refractivity contribution is 3.92. The van der Waals surface area contributed by atoms with E-state index in [0.717, 1.165) is 5.23 Å². The third-order valence-electron chi connectivity index (χ3n) is 0.652. The van der Waals surface area contributed by atoms with E-state index in [-0.39, 0.29) is 5.39 Å². The Bertz CT molecular complexity index is 117. The molecule has 1 fully saturated rings. The molecule has 8 nitrogen and oxygen atoms in total. The first-order valence-corrected chi connectivity index (χ1v) is 3.75. The summed E-state index contributed by atoms with van der Waals surface area (Å²) in [4.78, 5) is 17.4. The third-order valence-corrected chi connectivity index (χ3v) is 0.652. The maximum absolute atomic E-state index is 8.53. The maximum atomic E-state index is 8.53. The first-order chi connectivity index (χ1) is 6.13. The first kappa shape index (κ1) is 12.7. The van der Waals surface area contributed by atoms with Crippen LogP contribution >= 0.6 is 0 Å². The molecule has 1 rings (SSSR count). The summed E-state index contributed by atoms with van der Waals surface area (Å²) < 4.78 is 0. The Balaban J connectivity index is 0.000000424. The van der Waals surface area contributed by atoms with Crippen molar-refractivity contribution in [3.63, 3.8) is 0 Å². The predicted octanol–water partition coefficient (Wildman–Crippen LogP) is 0.442. The molecule has 1 saturated heterocycles. The monoisotopic (exact) mass is 197 g/mol. The molecule has 13 heavy (non-hydrogen) atoms. The fourth-order valence-corrected chi connectivity index (χ4v) is 0.361. The van der Waals surface area contributed by atoms with Crippen LogP contribution in [-0.2, 0) is 19.7 Å². The molecule has 0 spiro atoms. The zero-order valence-electron chi connectivity index (χ0n) is 8.13. The van der Waals surface area contributed by atoms with Gasteiger partial charge in [-0.25, -0.2) is 0 Å². The third kappa shape index (κ3) is 5.85. The van der Waals surface area contributed by atoms with Crippen LogP contribution in [0.1, 0.15) is 20.3 Å². The topological polar surface area (TPSA) is 66.9 Å². The van der Waals surface area contributed by atoms with Gasteiger partial charge in [0, 0.05) is 7.05 Å². The quantitative estimate of drug-likeness (QED) is 0.649. The van der Waals surface area contributed by atoms with Crippen LogP contribution in [0, 0.1) is 0 Å². The van der Waals surface area contributed by atoms with Crippen molar-refractivity contribution in [3.8, 4) is 0 Å². The molecule has 1 N–H and O–H groups in total. The van der Waals surface area contributed by atoms with Gasteiger partial charge in [0.25, 0.3) is 0 Å². The normalized spacial score (nSPS) is 21.0. The summed E-state index contributed by atoms with van der Waals surface area (Å²) in [5, 5.41) is 9.93. The average Bonchev–Trinajstić information content (AvgIpc) is 2.04. The summed E-state index contributed by atoms with van der Waals surface area (Å²) in [6, 6.07) is 0. The SMILES string of the molecule is CCC.CON1ON(C)ON(O)O1. The number of nitrogens with zero attached hydrogens (tertiary/aromatic N) is 3. The molecule has 0 atom stereocenters. The second-order valence-electron chi connectivity index (χ2n) is 2.04. The van der Waals surface area contributed by atoms with E-state index in [9.17, 15) is 0 Å². The van der Waals surface area contributed by atoms with Crippen LogP contribution in [0.25, 0.3) is 0 Å². The van der Waals surface area contributed by atoms with E-state index in [1.54, 1.807) is 0 Å². The van der Waals surface area contributed by atoms with Crippen molar-refractivity contribution in [3.05, 3.63) is 0 Å². The van der Waals surface area contributed by atoms with Crippen LogP contribution in [-0.4, -0.2) is 35.4 Å². The molecular weight excluding hydrogens is 182 g/mol. The molecule has 0 aromatic carbocycles. The second kappa shape index (κ2) is 7.12. The largest absolute Gasteiger partial charge is 0.263 e. The van der Waals surface area contributed by atoms with E-state index in [1.807, 2.05) is 0 Å². The molecule has 1 aliphatic heterocycles. The van der Waals surface area contributed by atoms with Crippen molar-refractivity contribution in [2.75, 3.05) is 14.2 Å². The number of hydrogen-bond acceptors (Lipinski definition) is 8. The highest BCUT2D eigenvalue weighted by Crippen LogP contribution is 2.06. The molecule has 0 bridgehead atoms. The Labute approximate surface area is 76.4 Å². The van der Waals surface area contributed by atoms with E-state index >= 15 is 0 Å². The summed E-state index contributed by atoms with van der Waals surface area (Å²) >= 11 is 0. The lowest BCUT2D eigenvalue weighted by Gasteiger charge is -2.29. The Kier molecular flexibility index (Phi) is 6.94. The minimum atomic E-state index is 0.0625. The van der Waals surface area contributed by atoms with Crippen LogP contribution in [0.4, 0.5) is 0 Å². The summed E-state index contributed by atoms with van der Waals surface area (Å²) in [5.74, 6) is 0. The van der Waals surface area contributed by atoms with Gasteiger partial charge in [0.15, 0.2) is 0 Å². The molecule has 0 amide bonds. The molecule has 0 aromatic rings. The lowest BCUT2D eigenvalue weighted by molar-refractivity contribution is -0.800. The van der Waals surface area contributed by atoms with Crippen molar-refractivity contribution in [1.82, 2.24) is 16.0 Å². The highest BCUT2D eigenvalue weighted by atomic mass is 17.4. The van der Waals surface area contributed by atoms with Gasteiger partial charge in [-0.3, -0.25) is 10.0 Å². The molecule has 0 aromatic heterocycles. The van der Waals surface area contributed by atoms with Crippen LogP contribution in [0.2, 0.25) is 0 Å². The minimum absolute atomic E-state index is 0.0625. The molecule has 0 unspecified atom stereocenters. The van der Waals surface area contributed by atoms with E-state index in [4.69, 9.17) is 5.21 Å². The molecule has 0 radical (unpaired) electrons. The van der Waals surface area contributed by atoms with Crippen molar-refractivity contribution in [2.45, 2.75) is 20.3 Å². The fraction of sp³-hybridized carbons (Fsp3) is 1.00. The Morgan fingerprint density at radius 2 is 1.77 bits per heavy atom. The van der Waals surface area contributed by atoms with Gasteiger partial charge in [0.05, 0.1) is 7.11 Å². The van der Waals surface area contributed by atoms with Gasteiger partial charge < -0.3 is 0 Å². The molecule has 8 heteroatoms. The summed E-state index contributed by atoms with van der Waals surface area (Å²) in [5.41, 5.74) is 0. The van der Waals surface area contributed by atoms with Gasteiger partial charge >= 0.3 is 0 Å². The van der Waals surface area contributed by atoms with Gasteiger partial charge in [-0.05, 0) is 5.23 Å². The zero-order valence-corrected chi connectivity index (χ0v) is 8.13. The molecule has 0 saturated carbocycles. The van der Waals surface area contributed by atoms with Gasteiger partial charge in [0.2, 0.25) is 0 Å². The maximum Gasteiger partial charge on any atom is 0.119 e. The highest BCUT2D eigenvalue weighted by Gasteiger charge is 2.24. The van der Waals surface area contributed by atoms with Crippen LogP contribution < -0.4 is 0 Å². The fourth-order valence-electron chi connectivity index (χ4n) is 0.361. The van der Waals surface area contributed by atoms with Crippen LogP contribution in [0.5, 0.6) is 0 Å². The average molecular weight is 197 g/mol. The first-order valence-electron chi connectivity index (χ1n) is 3.75. The lowest BCUT2D eigenvalue weighted by Crippen LogP contribution is -2.46. The van der Waals surface area contributed by atoms with E-state index in [2.05, 4.69) is 33.5 Å². The Hall–Kier alpha value is -0.320. The van der Waals surface area contributed by atoms with Gasteiger partial charge in [-0.1, -0.05) is 25.2 Å². The Morgan fingerprint density at radius 3 is 2.15 bits per heavy atom. The van der Waals surface area contributed by atoms with Crippen molar-refractivity contribution in [1.29, 1.82) is 0 Å². The van der Waals surface area contributed by atoms with Gasteiger partial charge in [-0.15, -0.1) is 9.88 Å². The number of hydrogen-bond donors (Lipinski definition) is 1. The van der Waals surface area contributed by atoms with Crippen LogP contribution in [0.15, 0.2) is 0 Å². The molecule has 80 valence electrons. The van der Waals surface area contributed by atoms with Crippen molar-refractivity contribution < 1.29 is 24.9 Å². The van der Waals surface area contributed by atoms with E-state index in [1.165, 1.54) is 20.6 Å². The van der Waals surface area contributed by atoms with E-state index < -0.39 is 0 Å². The Morgan fingerprint density at radius 1 is 1.23 bits per heavy atom.